The van der Waals surface area contributed by atoms with E-state index in [1.165, 1.54) is 4.31 Å². The van der Waals surface area contributed by atoms with Crippen molar-refractivity contribution in [2.45, 2.75) is 26.3 Å². The van der Waals surface area contributed by atoms with E-state index in [4.69, 9.17) is 5.73 Å². The fraction of sp³-hybridized carbons (Fsp3) is 0.310. The standard InChI is InChI=1S/C29H32N4O5S/c1-3-20(2)27(29(35)36)31-39(37,38)33-17-15-32(16-18-33)24-13-10-21(11-14-24)7-8-22-9-12-23-5-4-6-25(28(30)34)26(23)19-22/h4-6,9-14,19-20,27,31H,3,15-18H2,1-2H3,(H2,30,34)(H,35,36)/t20?,27-/m0/s1. The molecule has 1 fully saturated rings. The Morgan fingerprint density at radius 3 is 2.26 bits per heavy atom. The third kappa shape index (κ3) is 6.57. The van der Waals surface area contributed by atoms with Gasteiger partial charge in [0.1, 0.15) is 6.04 Å². The summed E-state index contributed by atoms with van der Waals surface area (Å²) in [4.78, 5) is 25.4. The van der Waals surface area contributed by atoms with Crippen molar-refractivity contribution in [1.82, 2.24) is 9.03 Å². The van der Waals surface area contributed by atoms with Crippen LogP contribution in [0.5, 0.6) is 0 Å². The van der Waals surface area contributed by atoms with Crippen LogP contribution in [0.3, 0.4) is 0 Å². The molecule has 4 N–H and O–H groups in total. The first-order chi connectivity index (χ1) is 18.6. The quantitative estimate of drug-likeness (QED) is 0.371. The summed E-state index contributed by atoms with van der Waals surface area (Å²) in [6.45, 7) is 5.00. The molecular weight excluding hydrogens is 516 g/mol. The molecule has 1 amide bonds. The summed E-state index contributed by atoms with van der Waals surface area (Å²) in [5, 5.41) is 11.1. The Morgan fingerprint density at radius 1 is 1.00 bits per heavy atom. The van der Waals surface area contributed by atoms with E-state index in [0.717, 1.165) is 27.6 Å². The lowest BCUT2D eigenvalue weighted by Gasteiger charge is -2.36. The van der Waals surface area contributed by atoms with Crippen molar-refractivity contribution < 1.29 is 23.1 Å². The molecule has 9 nitrogen and oxygen atoms in total. The first-order valence-corrected chi connectivity index (χ1v) is 14.2. The molecule has 1 saturated heterocycles. The molecule has 39 heavy (non-hydrogen) atoms. The van der Waals surface area contributed by atoms with Crippen molar-refractivity contribution in [3.8, 4) is 11.8 Å². The number of primary amides is 1. The molecule has 2 atom stereocenters. The first-order valence-electron chi connectivity index (χ1n) is 12.8. The minimum atomic E-state index is -3.92. The second-order valence-corrected chi connectivity index (χ2v) is 11.3. The molecule has 0 spiro atoms. The second kappa shape index (κ2) is 11.9. The van der Waals surface area contributed by atoms with E-state index < -0.39 is 28.1 Å². The van der Waals surface area contributed by atoms with E-state index in [1.54, 1.807) is 19.1 Å². The summed E-state index contributed by atoms with van der Waals surface area (Å²) in [6.07, 6.45) is 0.548. The van der Waals surface area contributed by atoms with E-state index in [9.17, 15) is 23.1 Å². The lowest BCUT2D eigenvalue weighted by atomic mass is 10.0. The number of anilines is 1. The van der Waals surface area contributed by atoms with Crippen LogP contribution in [0, 0.1) is 17.8 Å². The molecule has 10 heteroatoms. The average Bonchev–Trinajstić information content (AvgIpc) is 2.94. The Hall–Kier alpha value is -3.91. The minimum absolute atomic E-state index is 0.249. The predicted octanol–water partition coefficient (Wildman–Crippen LogP) is 2.79. The van der Waals surface area contributed by atoms with Gasteiger partial charge in [-0.3, -0.25) is 9.59 Å². The number of carboxylic acid groups (broad SMARTS) is 1. The highest BCUT2D eigenvalue weighted by molar-refractivity contribution is 7.87. The van der Waals surface area contributed by atoms with Crippen molar-refractivity contribution in [1.29, 1.82) is 0 Å². The van der Waals surface area contributed by atoms with Crippen LogP contribution in [0.1, 0.15) is 41.8 Å². The van der Waals surface area contributed by atoms with E-state index in [0.29, 0.717) is 25.1 Å². The fourth-order valence-electron chi connectivity index (χ4n) is 4.53. The van der Waals surface area contributed by atoms with Crippen molar-refractivity contribution in [3.63, 3.8) is 0 Å². The summed E-state index contributed by atoms with van der Waals surface area (Å²) in [5.74, 6) is 4.30. The van der Waals surface area contributed by atoms with Crippen molar-refractivity contribution >= 4 is 38.5 Å². The van der Waals surface area contributed by atoms with Gasteiger partial charge in [0.15, 0.2) is 0 Å². The maximum Gasteiger partial charge on any atom is 0.322 e. The second-order valence-electron chi connectivity index (χ2n) is 9.61. The summed E-state index contributed by atoms with van der Waals surface area (Å²) in [6, 6.07) is 17.6. The van der Waals surface area contributed by atoms with Gasteiger partial charge >= 0.3 is 5.97 Å². The van der Waals surface area contributed by atoms with Crippen molar-refractivity contribution in [2.24, 2.45) is 11.7 Å². The number of amides is 1. The highest BCUT2D eigenvalue weighted by Crippen LogP contribution is 2.21. The monoisotopic (exact) mass is 548 g/mol. The zero-order chi connectivity index (χ0) is 28.2. The smallest absolute Gasteiger partial charge is 0.322 e. The number of carboxylic acids is 1. The van der Waals surface area contributed by atoms with Crippen molar-refractivity contribution in [3.05, 3.63) is 77.4 Å². The van der Waals surface area contributed by atoms with E-state index in [2.05, 4.69) is 21.5 Å². The predicted molar refractivity (Wildman–Crippen MR) is 152 cm³/mol. The summed E-state index contributed by atoms with van der Waals surface area (Å²) >= 11 is 0. The van der Waals surface area contributed by atoms with Gasteiger partial charge in [0.25, 0.3) is 10.2 Å². The molecule has 0 aliphatic carbocycles. The number of aliphatic carboxylic acids is 1. The number of nitrogens with two attached hydrogens (primary N) is 1. The summed E-state index contributed by atoms with van der Waals surface area (Å²) < 4.78 is 29.3. The maximum atomic E-state index is 12.8. The third-order valence-electron chi connectivity index (χ3n) is 7.06. The average molecular weight is 549 g/mol. The molecule has 1 aliphatic heterocycles. The number of benzene rings is 3. The van der Waals surface area contributed by atoms with Crippen LogP contribution in [-0.4, -0.2) is 61.9 Å². The van der Waals surface area contributed by atoms with Crippen LogP contribution >= 0.6 is 0 Å². The van der Waals surface area contributed by atoms with Gasteiger partial charge in [0.2, 0.25) is 5.91 Å². The van der Waals surface area contributed by atoms with Crippen molar-refractivity contribution in [2.75, 3.05) is 31.1 Å². The molecule has 1 heterocycles. The number of nitrogens with one attached hydrogen (secondary N) is 1. The van der Waals surface area contributed by atoms with Crippen LogP contribution in [0.25, 0.3) is 10.8 Å². The normalized spacial score (nSPS) is 15.8. The highest BCUT2D eigenvalue weighted by Gasteiger charge is 2.33. The molecule has 0 radical (unpaired) electrons. The molecule has 3 aromatic rings. The van der Waals surface area contributed by atoms with Crippen LogP contribution in [-0.2, 0) is 15.0 Å². The summed E-state index contributed by atoms with van der Waals surface area (Å²) in [5.41, 5.74) is 8.50. The highest BCUT2D eigenvalue weighted by atomic mass is 32.2. The Morgan fingerprint density at radius 2 is 1.64 bits per heavy atom. The minimum Gasteiger partial charge on any atom is -0.480 e. The molecule has 0 bridgehead atoms. The van der Waals surface area contributed by atoms with Crippen LogP contribution in [0.4, 0.5) is 5.69 Å². The molecular formula is C29H32N4O5S. The molecule has 0 aromatic heterocycles. The molecule has 1 aliphatic rings. The fourth-order valence-corrected chi connectivity index (χ4v) is 5.98. The number of fused-ring (bicyclic) bond motifs is 1. The molecule has 3 aromatic carbocycles. The SMILES string of the molecule is CCC(C)[C@H](NS(=O)(=O)N1CCN(c2ccc(C#Cc3ccc4cccc(C(N)=O)c4c3)cc2)CC1)C(=O)O. The van der Waals surface area contributed by atoms with E-state index in [-0.39, 0.29) is 19.0 Å². The molecule has 1 unspecified atom stereocenters. The topological polar surface area (TPSA) is 133 Å². The van der Waals surface area contributed by atoms with Gasteiger partial charge in [-0.2, -0.15) is 17.4 Å². The van der Waals surface area contributed by atoms with Crippen LogP contribution < -0.4 is 15.4 Å². The molecule has 204 valence electrons. The molecule has 4 rings (SSSR count). The first kappa shape index (κ1) is 28.1. The maximum absolute atomic E-state index is 12.8. The Labute approximate surface area is 228 Å². The number of hydrogen-bond acceptors (Lipinski definition) is 5. The number of nitrogens with zero attached hydrogens (tertiary/aromatic N) is 2. The van der Waals surface area contributed by atoms with Gasteiger partial charge in [-0.25, -0.2) is 0 Å². The Balaban J connectivity index is 1.40. The number of piperazine rings is 1. The van der Waals surface area contributed by atoms with E-state index >= 15 is 0 Å². The largest absolute Gasteiger partial charge is 0.480 e. The number of carbonyl (C=O) groups excluding carboxylic acids is 1. The third-order valence-corrected chi connectivity index (χ3v) is 8.66. The zero-order valence-corrected chi connectivity index (χ0v) is 22.7. The number of carbonyl (C=O) groups is 2. The summed E-state index contributed by atoms with van der Waals surface area (Å²) in [7, 11) is -3.92. The number of rotatable bonds is 8. The zero-order valence-electron chi connectivity index (χ0n) is 21.9. The van der Waals surface area contributed by atoms with Gasteiger partial charge in [0.05, 0.1) is 0 Å². The number of hydrogen-bond donors (Lipinski definition) is 3. The van der Waals surface area contributed by atoms with Crippen LogP contribution in [0.15, 0.2) is 60.7 Å². The van der Waals surface area contributed by atoms with Gasteiger partial charge in [0, 0.05) is 48.6 Å². The van der Waals surface area contributed by atoms with Gasteiger partial charge in [-0.15, -0.1) is 0 Å². The van der Waals surface area contributed by atoms with Gasteiger partial charge < -0.3 is 15.7 Å². The van der Waals surface area contributed by atoms with Gasteiger partial charge in [-0.1, -0.05) is 50.3 Å². The Bertz CT molecular complexity index is 1540. The Kier molecular flexibility index (Phi) is 8.55. The van der Waals surface area contributed by atoms with Gasteiger partial charge in [-0.05, 0) is 59.2 Å². The molecule has 0 saturated carbocycles. The lowest BCUT2D eigenvalue weighted by Crippen LogP contribution is -2.56. The van der Waals surface area contributed by atoms with E-state index in [1.807, 2.05) is 55.5 Å². The lowest BCUT2D eigenvalue weighted by molar-refractivity contribution is -0.140. The van der Waals surface area contributed by atoms with Crippen LogP contribution in [0.2, 0.25) is 0 Å².